The van der Waals surface area contributed by atoms with Gasteiger partial charge in [-0.05, 0) is 30.7 Å². The lowest BCUT2D eigenvalue weighted by molar-refractivity contribution is 0.296. The largest absolute Gasteiger partial charge is 0.486 e. The predicted octanol–water partition coefficient (Wildman–Crippen LogP) is 3.39. The molecule has 2 aromatic carbocycles. The van der Waals surface area contributed by atoms with E-state index in [9.17, 15) is 0 Å². The molecule has 3 nitrogen and oxygen atoms in total. The van der Waals surface area contributed by atoms with Crippen LogP contribution in [-0.4, -0.2) is 9.97 Å². The normalized spacial score (nSPS) is 10.6. The molecule has 0 unspecified atom stereocenters. The highest BCUT2D eigenvalue weighted by Crippen LogP contribution is 2.14. The number of rotatable bonds is 3. The third-order valence-electron chi connectivity index (χ3n) is 2.81. The van der Waals surface area contributed by atoms with Gasteiger partial charge < -0.3 is 4.74 Å². The number of nitrogens with zero attached hydrogens (tertiary/aromatic N) is 2. The summed E-state index contributed by atoms with van der Waals surface area (Å²) >= 11 is 0. The molecular formula is C16H13N2O. The van der Waals surface area contributed by atoms with Crippen molar-refractivity contribution in [3.63, 3.8) is 0 Å². The first kappa shape index (κ1) is 11.7. The van der Waals surface area contributed by atoms with E-state index in [1.54, 1.807) is 0 Å². The van der Waals surface area contributed by atoms with Crippen LogP contribution in [0, 0.1) is 6.92 Å². The molecule has 1 radical (unpaired) electrons. The lowest BCUT2D eigenvalue weighted by atomic mass is 10.2. The minimum absolute atomic E-state index is 0.355. The van der Waals surface area contributed by atoms with Crippen molar-refractivity contribution >= 4 is 10.9 Å². The van der Waals surface area contributed by atoms with Crippen LogP contribution in [0.1, 0.15) is 11.4 Å². The van der Waals surface area contributed by atoms with Crippen LogP contribution in [0.5, 0.6) is 5.75 Å². The zero-order valence-electron chi connectivity index (χ0n) is 10.4. The Morgan fingerprint density at radius 3 is 2.84 bits per heavy atom. The Kier molecular flexibility index (Phi) is 3.11. The molecule has 0 N–H and O–H groups in total. The van der Waals surface area contributed by atoms with Gasteiger partial charge in [-0.25, -0.2) is 9.97 Å². The molecule has 0 saturated carbocycles. The molecule has 93 valence electrons. The smallest absolute Gasteiger partial charge is 0.166 e. The van der Waals surface area contributed by atoms with Crippen LogP contribution >= 0.6 is 0 Å². The van der Waals surface area contributed by atoms with Gasteiger partial charge >= 0.3 is 0 Å². The zero-order chi connectivity index (χ0) is 13.1. The lowest BCUT2D eigenvalue weighted by Crippen LogP contribution is -2.01. The first-order valence-electron chi connectivity index (χ1n) is 6.07. The van der Waals surface area contributed by atoms with E-state index in [0.29, 0.717) is 12.4 Å². The average molecular weight is 249 g/mol. The van der Waals surface area contributed by atoms with Gasteiger partial charge in [0.15, 0.2) is 5.82 Å². The Labute approximate surface area is 111 Å². The molecule has 1 heterocycles. The monoisotopic (exact) mass is 249 g/mol. The van der Waals surface area contributed by atoms with E-state index in [0.717, 1.165) is 22.2 Å². The van der Waals surface area contributed by atoms with Gasteiger partial charge in [0.2, 0.25) is 0 Å². The second-order valence-corrected chi connectivity index (χ2v) is 4.28. The van der Waals surface area contributed by atoms with Crippen molar-refractivity contribution in [2.75, 3.05) is 0 Å². The van der Waals surface area contributed by atoms with Crippen LogP contribution < -0.4 is 4.74 Å². The van der Waals surface area contributed by atoms with E-state index >= 15 is 0 Å². The molecule has 0 spiro atoms. The molecule has 0 atom stereocenters. The van der Waals surface area contributed by atoms with Crippen molar-refractivity contribution in [2.45, 2.75) is 6.61 Å². The minimum atomic E-state index is 0.355. The maximum absolute atomic E-state index is 5.66. The van der Waals surface area contributed by atoms with Gasteiger partial charge in [-0.15, -0.1) is 0 Å². The van der Waals surface area contributed by atoms with Crippen LogP contribution in [0.25, 0.3) is 10.9 Å². The minimum Gasteiger partial charge on any atom is -0.486 e. The van der Waals surface area contributed by atoms with Crippen molar-refractivity contribution in [1.82, 2.24) is 9.97 Å². The van der Waals surface area contributed by atoms with Gasteiger partial charge in [-0.3, -0.25) is 0 Å². The average Bonchev–Trinajstić information content (AvgIpc) is 2.45. The summed E-state index contributed by atoms with van der Waals surface area (Å²) in [5.41, 5.74) is 1.86. The summed E-state index contributed by atoms with van der Waals surface area (Å²) in [6.07, 6.45) is 1.82. The summed E-state index contributed by atoms with van der Waals surface area (Å²) < 4.78 is 5.66. The molecule has 3 heteroatoms. The van der Waals surface area contributed by atoms with Crippen LogP contribution in [0.15, 0.2) is 54.7 Å². The first-order chi connectivity index (χ1) is 9.31. The third-order valence-corrected chi connectivity index (χ3v) is 2.81. The summed E-state index contributed by atoms with van der Waals surface area (Å²) in [5, 5.41) is 1.03. The van der Waals surface area contributed by atoms with E-state index in [1.807, 2.05) is 54.7 Å². The highest BCUT2D eigenvalue weighted by Gasteiger charge is 2.01. The van der Waals surface area contributed by atoms with E-state index < -0.39 is 0 Å². The fraction of sp³-hybridized carbons (Fsp3) is 0.0625. The van der Waals surface area contributed by atoms with Crippen molar-refractivity contribution in [2.24, 2.45) is 0 Å². The Balaban J connectivity index is 1.78. The van der Waals surface area contributed by atoms with Crippen molar-refractivity contribution in [3.05, 3.63) is 73.0 Å². The van der Waals surface area contributed by atoms with Gasteiger partial charge in [0, 0.05) is 11.6 Å². The molecule has 0 bridgehead atoms. The predicted molar refractivity (Wildman–Crippen MR) is 74.8 cm³/mol. The quantitative estimate of drug-likeness (QED) is 0.713. The van der Waals surface area contributed by atoms with E-state index in [-0.39, 0.29) is 0 Å². The summed E-state index contributed by atoms with van der Waals surface area (Å²) in [4.78, 5) is 8.75. The third kappa shape index (κ3) is 2.71. The first-order valence-corrected chi connectivity index (χ1v) is 6.07. The fourth-order valence-corrected chi connectivity index (χ4v) is 1.86. The van der Waals surface area contributed by atoms with Crippen LogP contribution in [0.3, 0.4) is 0 Å². The van der Waals surface area contributed by atoms with Gasteiger partial charge in [-0.1, -0.05) is 30.3 Å². The van der Waals surface area contributed by atoms with Crippen molar-refractivity contribution < 1.29 is 4.74 Å². The maximum atomic E-state index is 5.66. The number of ether oxygens (including phenoxy) is 1. The fourth-order valence-electron chi connectivity index (χ4n) is 1.86. The molecule has 0 aliphatic carbocycles. The molecule has 0 aliphatic rings. The number of para-hydroxylation sites is 1. The molecular weight excluding hydrogens is 236 g/mol. The van der Waals surface area contributed by atoms with Crippen molar-refractivity contribution in [3.8, 4) is 5.75 Å². The van der Waals surface area contributed by atoms with E-state index in [4.69, 9.17) is 4.74 Å². The van der Waals surface area contributed by atoms with Gasteiger partial charge in [0.1, 0.15) is 12.4 Å². The molecule has 3 rings (SSSR count). The van der Waals surface area contributed by atoms with E-state index in [2.05, 4.69) is 16.9 Å². The van der Waals surface area contributed by atoms with Gasteiger partial charge in [-0.2, -0.15) is 0 Å². The second kappa shape index (κ2) is 5.06. The molecule has 19 heavy (non-hydrogen) atoms. The Morgan fingerprint density at radius 2 is 1.95 bits per heavy atom. The van der Waals surface area contributed by atoms with Crippen molar-refractivity contribution in [1.29, 1.82) is 0 Å². The Hall–Kier alpha value is -2.42. The standard InChI is InChI=1S/C16H13N2O/c1-12-5-4-7-14(9-12)19-11-16-17-10-13-6-2-3-8-15(13)18-16/h2-10H,1,11H2. The van der Waals surface area contributed by atoms with Gasteiger partial charge in [0.25, 0.3) is 0 Å². The Bertz CT molecular complexity index is 710. The van der Waals surface area contributed by atoms with Crippen LogP contribution in [0.4, 0.5) is 0 Å². The summed E-state index contributed by atoms with van der Waals surface area (Å²) in [6.45, 7) is 4.22. The highest BCUT2D eigenvalue weighted by atomic mass is 16.5. The summed E-state index contributed by atoms with van der Waals surface area (Å²) in [6, 6.07) is 15.5. The Morgan fingerprint density at radius 1 is 1.05 bits per heavy atom. The summed E-state index contributed by atoms with van der Waals surface area (Å²) in [7, 11) is 0. The topological polar surface area (TPSA) is 35.0 Å². The molecule has 0 fully saturated rings. The highest BCUT2D eigenvalue weighted by molar-refractivity contribution is 5.77. The lowest BCUT2D eigenvalue weighted by Gasteiger charge is -2.06. The molecule has 0 aliphatic heterocycles. The van der Waals surface area contributed by atoms with Gasteiger partial charge in [0.05, 0.1) is 5.52 Å². The number of fused-ring (bicyclic) bond motifs is 1. The van der Waals surface area contributed by atoms with Crippen LogP contribution in [0.2, 0.25) is 0 Å². The number of aromatic nitrogens is 2. The SMILES string of the molecule is [CH2]c1cccc(OCc2ncc3ccccc3n2)c1. The maximum Gasteiger partial charge on any atom is 0.166 e. The summed E-state index contributed by atoms with van der Waals surface area (Å²) in [5.74, 6) is 1.46. The number of hydrogen-bond donors (Lipinski definition) is 0. The molecule has 3 aromatic rings. The number of hydrogen-bond acceptors (Lipinski definition) is 3. The van der Waals surface area contributed by atoms with E-state index in [1.165, 1.54) is 0 Å². The second-order valence-electron chi connectivity index (χ2n) is 4.28. The zero-order valence-corrected chi connectivity index (χ0v) is 10.4. The number of benzene rings is 2. The molecule has 1 aromatic heterocycles. The molecule has 0 saturated heterocycles. The van der Waals surface area contributed by atoms with Crippen LogP contribution in [-0.2, 0) is 6.61 Å². The molecule has 0 amide bonds.